The van der Waals surface area contributed by atoms with Crippen molar-refractivity contribution in [1.29, 1.82) is 0 Å². The van der Waals surface area contributed by atoms with E-state index in [4.69, 9.17) is 40.9 Å². The molecule has 1 aliphatic rings. The first-order chi connectivity index (χ1) is 15.1. The Hall–Kier alpha value is -3.52. The zero-order chi connectivity index (χ0) is 25.1. The third-order valence-corrected chi connectivity index (χ3v) is 5.71. The number of sulfonamides is 1. The molecule has 0 amide bonds. The van der Waals surface area contributed by atoms with Gasteiger partial charge in [0.2, 0.25) is 6.79 Å². The molecule has 0 aliphatic carbocycles. The highest BCUT2D eigenvalue weighted by Crippen LogP contribution is 2.39. The van der Waals surface area contributed by atoms with Gasteiger partial charge in [-0.2, -0.15) is 13.2 Å². The molecule has 1 heterocycles. The smallest absolute Gasteiger partial charge is 0.416 e. The number of ether oxygens (including phenoxy) is 2. The Bertz CT molecular complexity index is 1220. The number of carboxylic acid groups (broad SMARTS) is 2. The fourth-order valence-electron chi connectivity index (χ4n) is 2.40. The lowest BCUT2D eigenvalue weighted by Crippen LogP contribution is -2.17. The monoisotopic (exact) mass is 511 g/mol. The van der Waals surface area contributed by atoms with Crippen LogP contribution in [0.2, 0.25) is 5.02 Å². The van der Waals surface area contributed by atoms with Gasteiger partial charge in [0.1, 0.15) is 4.90 Å². The number of fused-ring (bicyclic) bond motifs is 1. The normalized spacial score (nSPS) is 12.4. The minimum absolute atomic E-state index is 0.0362. The minimum Gasteiger partial charge on any atom is -0.473 e. The minimum atomic E-state index is -4.75. The first kappa shape index (κ1) is 25.7. The fourth-order valence-corrected chi connectivity index (χ4v) is 4.00. The summed E-state index contributed by atoms with van der Waals surface area (Å²) in [5.41, 5.74) is -1.38. The highest BCUT2D eigenvalue weighted by Gasteiger charge is 2.33. The van der Waals surface area contributed by atoms with Crippen molar-refractivity contribution in [2.45, 2.75) is 18.0 Å². The Morgan fingerprint density at radius 2 is 1.58 bits per heavy atom. The summed E-state index contributed by atoms with van der Waals surface area (Å²) in [5.74, 6) is -3.70. The average Bonchev–Trinajstić information content (AvgIpc) is 3.14. The third-order valence-electron chi connectivity index (χ3n) is 3.87. The molecule has 1 aliphatic heterocycles. The number of alkyl halides is 3. The van der Waals surface area contributed by atoms with Gasteiger partial charge in [-0.1, -0.05) is 11.6 Å². The summed E-state index contributed by atoms with van der Waals surface area (Å²) >= 11 is 5.80. The number of hydrogen-bond acceptors (Lipinski definition) is 7. The number of anilines is 1. The lowest BCUT2D eigenvalue weighted by Gasteiger charge is -2.14. The number of halogens is 4. The van der Waals surface area contributed by atoms with E-state index in [9.17, 15) is 26.4 Å². The van der Waals surface area contributed by atoms with Gasteiger partial charge in [-0.15, -0.1) is 0 Å². The van der Waals surface area contributed by atoms with Crippen LogP contribution in [0.4, 0.5) is 18.9 Å². The first-order valence-corrected chi connectivity index (χ1v) is 10.3. The molecule has 0 bridgehead atoms. The molecular weight excluding hydrogens is 499 g/mol. The van der Waals surface area contributed by atoms with Crippen LogP contribution >= 0.6 is 11.6 Å². The second kappa shape index (κ2) is 9.54. The maximum Gasteiger partial charge on any atom is 0.416 e. The Morgan fingerprint density at radius 1 is 1.03 bits per heavy atom. The Morgan fingerprint density at radius 3 is 2.06 bits per heavy atom. The quantitative estimate of drug-likeness (QED) is 0.414. The molecule has 3 N–H and O–H groups in total. The van der Waals surface area contributed by atoms with Gasteiger partial charge in [-0.25, -0.2) is 18.0 Å². The number of benzene rings is 2. The van der Waals surface area contributed by atoms with E-state index in [1.54, 1.807) is 0 Å². The Labute approximate surface area is 188 Å². The second-order valence-corrected chi connectivity index (χ2v) is 8.22. The van der Waals surface area contributed by atoms with Crippen molar-refractivity contribution in [2.24, 2.45) is 0 Å². The topological polar surface area (TPSA) is 156 Å². The predicted molar refractivity (Wildman–Crippen MR) is 105 cm³/mol. The summed E-state index contributed by atoms with van der Waals surface area (Å²) in [7, 11) is -4.53. The van der Waals surface area contributed by atoms with Crippen LogP contribution in [0.3, 0.4) is 0 Å². The van der Waals surface area contributed by atoms with E-state index in [1.807, 2.05) is 0 Å². The lowest BCUT2D eigenvalue weighted by atomic mass is 10.1. The summed E-state index contributed by atoms with van der Waals surface area (Å²) in [4.78, 5) is 29.3. The molecule has 0 saturated carbocycles. The van der Waals surface area contributed by atoms with Gasteiger partial charge in [-0.05, 0) is 31.2 Å². The van der Waals surface area contributed by atoms with E-state index in [0.29, 0.717) is 12.1 Å². The lowest BCUT2D eigenvalue weighted by molar-refractivity contribution is -0.159. The van der Waals surface area contributed by atoms with Crippen molar-refractivity contribution in [2.75, 3.05) is 11.5 Å². The van der Waals surface area contributed by atoms with Crippen LogP contribution in [-0.4, -0.2) is 43.1 Å². The molecule has 0 unspecified atom stereocenters. The zero-order valence-corrected chi connectivity index (χ0v) is 17.8. The molecule has 15 heteroatoms. The summed E-state index contributed by atoms with van der Waals surface area (Å²) in [6.45, 7) is 1.09. The molecular formula is C18H13ClF3NO9S. The van der Waals surface area contributed by atoms with E-state index in [1.165, 1.54) is 19.1 Å². The number of carbonyl (C=O) groups excluding carboxylic acids is 1. The highest BCUT2D eigenvalue weighted by molar-refractivity contribution is 7.92. The van der Waals surface area contributed by atoms with Gasteiger partial charge < -0.3 is 19.7 Å². The van der Waals surface area contributed by atoms with Crippen LogP contribution in [0.1, 0.15) is 22.8 Å². The molecule has 0 atom stereocenters. The summed E-state index contributed by atoms with van der Waals surface area (Å²) in [5, 5.41) is 14.4. The number of nitrogens with one attached hydrogen (secondary N) is 1. The van der Waals surface area contributed by atoms with Crippen molar-refractivity contribution in [3.63, 3.8) is 0 Å². The molecule has 33 heavy (non-hydrogen) atoms. The Kier molecular flexibility index (Phi) is 7.44. The molecule has 0 spiro atoms. The highest BCUT2D eigenvalue weighted by atomic mass is 35.5. The van der Waals surface area contributed by atoms with Crippen LogP contribution in [0, 0.1) is 0 Å². The van der Waals surface area contributed by atoms with E-state index >= 15 is 0 Å². The molecule has 0 fully saturated rings. The number of ketones is 1. The number of rotatable bonds is 4. The van der Waals surface area contributed by atoms with Gasteiger partial charge in [0.25, 0.3) is 10.0 Å². The zero-order valence-electron chi connectivity index (χ0n) is 16.3. The summed E-state index contributed by atoms with van der Waals surface area (Å²) in [6, 6.07) is 4.44. The summed E-state index contributed by atoms with van der Waals surface area (Å²) in [6.07, 6.45) is -4.75. The molecule has 0 radical (unpaired) electrons. The SMILES string of the molecule is CC(=O)c1cc2c(cc1NS(=O)(=O)c1cc(C(F)(F)F)ccc1Cl)OCO2.O=C(O)C(=O)O. The second-order valence-electron chi connectivity index (χ2n) is 6.17. The number of Topliss-reactive ketones (excluding diaryl/α,β-unsaturated/α-hetero) is 1. The van der Waals surface area contributed by atoms with E-state index in [-0.39, 0.29) is 29.5 Å². The van der Waals surface area contributed by atoms with Crippen LogP contribution < -0.4 is 14.2 Å². The summed E-state index contributed by atoms with van der Waals surface area (Å²) < 4.78 is 76.3. The molecule has 178 valence electrons. The first-order valence-electron chi connectivity index (χ1n) is 8.44. The van der Waals surface area contributed by atoms with Gasteiger partial charge in [0, 0.05) is 11.6 Å². The van der Waals surface area contributed by atoms with Crippen LogP contribution in [0.15, 0.2) is 35.2 Å². The largest absolute Gasteiger partial charge is 0.473 e. The standard InChI is InChI=1S/C16H11ClF3NO5S.C2H2O4/c1-8(22)10-5-13-14(26-7-25-13)6-12(10)21-27(23,24)15-4-9(16(18,19)20)2-3-11(15)17;3-1(4)2(5)6/h2-6,21H,7H2,1H3;(H,3,4)(H,5,6). The number of carboxylic acids is 2. The van der Waals surface area contributed by atoms with Crippen molar-refractivity contribution in [3.05, 3.63) is 46.5 Å². The van der Waals surface area contributed by atoms with Crippen molar-refractivity contribution in [3.8, 4) is 11.5 Å². The average molecular weight is 512 g/mol. The van der Waals surface area contributed by atoms with Crippen LogP contribution in [0.25, 0.3) is 0 Å². The molecule has 2 aromatic rings. The maximum absolute atomic E-state index is 12.9. The van der Waals surface area contributed by atoms with Crippen LogP contribution in [0.5, 0.6) is 11.5 Å². The molecule has 0 saturated heterocycles. The number of hydrogen-bond donors (Lipinski definition) is 3. The van der Waals surface area contributed by atoms with Crippen molar-refractivity contribution < 1.29 is 55.7 Å². The Balaban J connectivity index is 0.000000569. The maximum atomic E-state index is 12.9. The molecule has 10 nitrogen and oxygen atoms in total. The number of aliphatic carboxylic acids is 2. The van der Waals surface area contributed by atoms with Gasteiger partial charge >= 0.3 is 18.1 Å². The van der Waals surface area contributed by atoms with Gasteiger partial charge in [0.05, 0.1) is 16.3 Å². The van der Waals surface area contributed by atoms with E-state index < -0.39 is 49.4 Å². The van der Waals surface area contributed by atoms with Crippen molar-refractivity contribution in [1.82, 2.24) is 0 Å². The van der Waals surface area contributed by atoms with Gasteiger partial charge in [0.15, 0.2) is 17.3 Å². The predicted octanol–water partition coefficient (Wildman–Crippen LogP) is 3.25. The molecule has 0 aromatic heterocycles. The van der Waals surface area contributed by atoms with Crippen molar-refractivity contribution >= 4 is 45.0 Å². The number of carbonyl (C=O) groups is 3. The van der Waals surface area contributed by atoms with E-state index in [2.05, 4.69) is 4.72 Å². The molecule has 3 rings (SSSR count). The molecule has 2 aromatic carbocycles. The fraction of sp³-hybridized carbons (Fsp3) is 0.167. The van der Waals surface area contributed by atoms with E-state index in [0.717, 1.165) is 6.07 Å². The van der Waals surface area contributed by atoms with Crippen LogP contribution in [-0.2, 0) is 25.8 Å². The third kappa shape index (κ3) is 6.26. The van der Waals surface area contributed by atoms with Gasteiger partial charge in [-0.3, -0.25) is 9.52 Å².